The Morgan fingerprint density at radius 2 is 1.98 bits per heavy atom. The van der Waals surface area contributed by atoms with Crippen LogP contribution in [0.2, 0.25) is 5.02 Å². The van der Waals surface area contributed by atoms with Crippen molar-refractivity contribution in [2.24, 2.45) is 5.41 Å². The van der Waals surface area contributed by atoms with Gasteiger partial charge in [-0.15, -0.1) is 11.3 Å². The van der Waals surface area contributed by atoms with E-state index in [2.05, 4.69) is 24.1 Å². The second-order valence-electron chi connectivity index (χ2n) is 10.7. The number of nitrogens with one attached hydrogen (secondary N) is 1. The van der Waals surface area contributed by atoms with E-state index in [0.29, 0.717) is 20.0 Å². The molecule has 1 aromatic carbocycles. The molecule has 1 fully saturated rings. The molecule has 0 radical (unpaired) electrons. The molecule has 1 aliphatic rings. The summed E-state index contributed by atoms with van der Waals surface area (Å²) in [5.74, 6) is 0.723. The Balaban J connectivity index is 1.56. The van der Waals surface area contributed by atoms with Crippen LogP contribution >= 0.6 is 22.9 Å². The number of aryl methyl sites for hydroxylation is 1. The first kappa shape index (κ1) is 28.4. The zero-order valence-corrected chi connectivity index (χ0v) is 23.7. The quantitative estimate of drug-likeness (QED) is 0.314. The molecule has 1 saturated heterocycles. The standard InChI is InChI=1S/C28H28ClF3N4O3S/c1-16-10-17(29)11-20(24(16)39-22-5-7-33-14-27(22,2)3)19-4-8-34-21-12-18(40-25(19)21)13-36-23(37)6-9-35(26(36)38)15-28(30,31)32/h4,6,8-12,22,33H,5,7,13-15H2,1-3H3. The number of pyridine rings is 1. The van der Waals surface area contributed by atoms with Gasteiger partial charge in [0.1, 0.15) is 18.4 Å². The van der Waals surface area contributed by atoms with Crippen LogP contribution in [0.5, 0.6) is 5.75 Å². The summed E-state index contributed by atoms with van der Waals surface area (Å²) in [5.41, 5.74) is 1.34. The molecule has 40 heavy (non-hydrogen) atoms. The molecule has 1 unspecified atom stereocenters. The summed E-state index contributed by atoms with van der Waals surface area (Å²) in [6.07, 6.45) is -1.24. The molecule has 0 bridgehead atoms. The summed E-state index contributed by atoms with van der Waals surface area (Å²) in [4.78, 5) is 30.2. The van der Waals surface area contributed by atoms with Crippen LogP contribution in [-0.4, -0.2) is 39.5 Å². The Morgan fingerprint density at radius 1 is 1.20 bits per heavy atom. The molecule has 0 saturated carbocycles. The summed E-state index contributed by atoms with van der Waals surface area (Å²) in [6, 6.07) is 8.28. The summed E-state index contributed by atoms with van der Waals surface area (Å²) in [5, 5.41) is 3.97. The lowest BCUT2D eigenvalue weighted by Gasteiger charge is -2.39. The number of hydrogen-bond acceptors (Lipinski definition) is 6. The van der Waals surface area contributed by atoms with Gasteiger partial charge in [0.15, 0.2) is 0 Å². The molecule has 0 aliphatic carbocycles. The number of piperidine rings is 1. The van der Waals surface area contributed by atoms with Gasteiger partial charge >= 0.3 is 11.9 Å². The van der Waals surface area contributed by atoms with E-state index in [4.69, 9.17) is 16.3 Å². The molecule has 3 aromatic heterocycles. The smallest absolute Gasteiger partial charge is 0.406 e. The van der Waals surface area contributed by atoms with Crippen molar-refractivity contribution in [3.8, 4) is 16.9 Å². The van der Waals surface area contributed by atoms with Crippen LogP contribution in [-0.2, 0) is 13.1 Å². The maximum atomic E-state index is 12.9. The second kappa shape index (κ2) is 10.7. The van der Waals surface area contributed by atoms with Crippen molar-refractivity contribution in [3.05, 3.63) is 79.0 Å². The minimum atomic E-state index is -4.60. The molecule has 4 aromatic rings. The number of aromatic nitrogens is 3. The van der Waals surface area contributed by atoms with Crippen LogP contribution in [0.4, 0.5) is 13.2 Å². The van der Waals surface area contributed by atoms with E-state index in [1.807, 2.05) is 25.1 Å². The lowest BCUT2D eigenvalue weighted by molar-refractivity contribution is -0.141. The molecule has 4 heterocycles. The second-order valence-corrected chi connectivity index (χ2v) is 12.3. The van der Waals surface area contributed by atoms with Gasteiger partial charge < -0.3 is 10.1 Å². The van der Waals surface area contributed by atoms with Crippen LogP contribution in [0.3, 0.4) is 0 Å². The fraction of sp³-hybridized carbons (Fsp3) is 0.393. The highest BCUT2D eigenvalue weighted by atomic mass is 35.5. The number of nitrogens with zero attached hydrogens (tertiary/aromatic N) is 3. The van der Waals surface area contributed by atoms with Gasteiger partial charge in [0, 0.05) is 51.4 Å². The molecule has 0 amide bonds. The number of hydrogen-bond donors (Lipinski definition) is 1. The van der Waals surface area contributed by atoms with Crippen LogP contribution in [0.15, 0.2) is 52.3 Å². The average Bonchev–Trinajstić information content (AvgIpc) is 3.28. The van der Waals surface area contributed by atoms with E-state index in [1.165, 1.54) is 11.3 Å². The first-order valence-corrected chi connectivity index (χ1v) is 13.9. The van der Waals surface area contributed by atoms with Gasteiger partial charge in [-0.05, 0) is 49.7 Å². The van der Waals surface area contributed by atoms with Crippen molar-refractivity contribution in [1.29, 1.82) is 0 Å². The Hall–Kier alpha value is -3.15. The maximum absolute atomic E-state index is 12.9. The highest BCUT2D eigenvalue weighted by molar-refractivity contribution is 7.19. The third kappa shape index (κ3) is 5.82. The van der Waals surface area contributed by atoms with Crippen LogP contribution in [0.1, 0.15) is 30.7 Å². The van der Waals surface area contributed by atoms with Crippen molar-refractivity contribution >= 4 is 33.2 Å². The summed E-state index contributed by atoms with van der Waals surface area (Å²) >= 11 is 7.81. The molecule has 7 nitrogen and oxygen atoms in total. The van der Waals surface area contributed by atoms with Crippen LogP contribution < -0.4 is 21.3 Å². The summed E-state index contributed by atoms with van der Waals surface area (Å²) < 4.78 is 47.5. The van der Waals surface area contributed by atoms with Crippen molar-refractivity contribution in [3.63, 3.8) is 0 Å². The summed E-state index contributed by atoms with van der Waals surface area (Å²) in [7, 11) is 0. The summed E-state index contributed by atoms with van der Waals surface area (Å²) in [6.45, 7) is 6.31. The highest BCUT2D eigenvalue weighted by Crippen LogP contribution is 2.43. The number of alkyl halides is 3. The molecule has 5 rings (SSSR count). The average molecular weight is 593 g/mol. The van der Waals surface area contributed by atoms with Crippen molar-refractivity contribution in [1.82, 2.24) is 19.4 Å². The predicted molar refractivity (Wildman–Crippen MR) is 151 cm³/mol. The minimum Gasteiger partial charge on any atom is -0.489 e. The minimum absolute atomic E-state index is 0.0209. The van der Waals surface area contributed by atoms with Gasteiger partial charge in [0.05, 0.1) is 16.8 Å². The number of rotatable bonds is 6. The van der Waals surface area contributed by atoms with E-state index >= 15 is 0 Å². The molecule has 1 N–H and O–H groups in total. The third-order valence-electron chi connectivity index (χ3n) is 7.09. The fourth-order valence-electron chi connectivity index (χ4n) is 5.04. The molecule has 1 aliphatic heterocycles. The monoisotopic (exact) mass is 592 g/mol. The van der Waals surface area contributed by atoms with E-state index < -0.39 is 24.0 Å². The van der Waals surface area contributed by atoms with E-state index in [1.54, 1.807) is 12.3 Å². The van der Waals surface area contributed by atoms with Crippen LogP contribution in [0, 0.1) is 12.3 Å². The fourth-order valence-corrected chi connectivity index (χ4v) is 6.45. The van der Waals surface area contributed by atoms with Gasteiger partial charge in [-0.1, -0.05) is 25.4 Å². The van der Waals surface area contributed by atoms with Crippen molar-refractivity contribution in [2.75, 3.05) is 13.1 Å². The molecular formula is C28H28ClF3N4O3S. The zero-order chi connectivity index (χ0) is 28.8. The van der Waals surface area contributed by atoms with Gasteiger partial charge in [0.25, 0.3) is 5.56 Å². The van der Waals surface area contributed by atoms with Crippen LogP contribution in [0.25, 0.3) is 21.3 Å². The highest BCUT2D eigenvalue weighted by Gasteiger charge is 2.35. The van der Waals surface area contributed by atoms with Gasteiger partial charge in [0.2, 0.25) is 0 Å². The number of thiophene rings is 1. The number of benzene rings is 1. The van der Waals surface area contributed by atoms with Gasteiger partial charge in [-0.25, -0.2) is 4.79 Å². The first-order chi connectivity index (χ1) is 18.8. The SMILES string of the molecule is Cc1cc(Cl)cc(-c2ccnc3cc(Cn4c(=O)ccn(CC(F)(F)F)c4=O)sc23)c1OC1CCNCC1(C)C. The Kier molecular flexibility index (Phi) is 7.58. The maximum Gasteiger partial charge on any atom is 0.406 e. The number of ether oxygens (including phenoxy) is 1. The van der Waals surface area contributed by atoms with E-state index in [9.17, 15) is 22.8 Å². The Morgan fingerprint density at radius 3 is 2.70 bits per heavy atom. The van der Waals surface area contributed by atoms with Gasteiger partial charge in [-0.3, -0.25) is 18.9 Å². The Bertz CT molecular complexity index is 1690. The molecule has 1 atom stereocenters. The third-order valence-corrected chi connectivity index (χ3v) is 8.45. The Labute approximate surface area is 237 Å². The number of fused-ring (bicyclic) bond motifs is 1. The van der Waals surface area contributed by atoms with E-state index in [0.717, 1.165) is 63.5 Å². The molecule has 212 valence electrons. The molecule has 12 heteroatoms. The topological polar surface area (TPSA) is 78.2 Å². The molecular weight excluding hydrogens is 565 g/mol. The van der Waals surface area contributed by atoms with Crippen molar-refractivity contribution < 1.29 is 17.9 Å². The largest absolute Gasteiger partial charge is 0.489 e. The predicted octanol–water partition coefficient (Wildman–Crippen LogP) is 5.63. The molecule has 0 spiro atoms. The zero-order valence-electron chi connectivity index (χ0n) is 22.1. The lowest BCUT2D eigenvalue weighted by Crippen LogP contribution is -2.48. The number of halogens is 4. The lowest BCUT2D eigenvalue weighted by atomic mass is 9.82. The van der Waals surface area contributed by atoms with Crippen molar-refractivity contribution in [2.45, 2.75) is 52.6 Å². The first-order valence-electron chi connectivity index (χ1n) is 12.7. The normalized spacial score (nSPS) is 17.3. The van der Waals surface area contributed by atoms with E-state index in [-0.39, 0.29) is 18.1 Å². The van der Waals surface area contributed by atoms with Gasteiger partial charge in [-0.2, -0.15) is 13.2 Å².